The first-order valence-corrected chi connectivity index (χ1v) is 6.51. The summed E-state index contributed by atoms with van der Waals surface area (Å²) < 4.78 is 5.37. The van der Waals surface area contributed by atoms with E-state index in [0.29, 0.717) is 0 Å². The predicted octanol–water partition coefficient (Wildman–Crippen LogP) is 1.31. The average Bonchev–Trinajstić information content (AvgIpc) is 2.29. The van der Waals surface area contributed by atoms with E-state index in [1.807, 2.05) is 20.8 Å². The summed E-state index contributed by atoms with van der Waals surface area (Å²) in [7, 11) is 1.71. The van der Waals surface area contributed by atoms with E-state index in [4.69, 9.17) is 4.74 Å². The van der Waals surface area contributed by atoms with Gasteiger partial charge in [0.15, 0.2) is 0 Å². The van der Waals surface area contributed by atoms with Crippen molar-refractivity contribution in [3.05, 3.63) is 0 Å². The lowest BCUT2D eigenvalue weighted by Crippen LogP contribution is -2.45. The van der Waals surface area contributed by atoms with E-state index in [9.17, 15) is 4.79 Å². The maximum Gasteiger partial charge on any atom is 0.224 e. The third-order valence-corrected chi connectivity index (χ3v) is 3.41. The van der Waals surface area contributed by atoms with Gasteiger partial charge in [-0.2, -0.15) is 0 Å². The van der Waals surface area contributed by atoms with Crippen molar-refractivity contribution in [2.75, 3.05) is 20.2 Å². The Bertz CT molecular complexity index is 248. The molecule has 0 aromatic rings. The highest BCUT2D eigenvalue weighted by molar-refractivity contribution is 5.79. The molecule has 2 atom stereocenters. The zero-order valence-electron chi connectivity index (χ0n) is 11.5. The van der Waals surface area contributed by atoms with Crippen LogP contribution in [0.3, 0.4) is 0 Å². The number of rotatable bonds is 5. The minimum atomic E-state index is -0.183. The van der Waals surface area contributed by atoms with Gasteiger partial charge in [0, 0.05) is 19.7 Å². The van der Waals surface area contributed by atoms with Crippen molar-refractivity contribution in [1.82, 2.24) is 10.6 Å². The molecule has 0 radical (unpaired) electrons. The zero-order chi connectivity index (χ0) is 12.9. The smallest absolute Gasteiger partial charge is 0.224 e. The number of methoxy groups -OCH3 is 1. The highest BCUT2D eigenvalue weighted by Gasteiger charge is 2.25. The van der Waals surface area contributed by atoms with Crippen molar-refractivity contribution >= 4 is 5.91 Å². The average molecular weight is 242 g/mol. The molecule has 17 heavy (non-hydrogen) atoms. The lowest BCUT2D eigenvalue weighted by Gasteiger charge is -2.29. The highest BCUT2D eigenvalue weighted by atomic mass is 16.5. The molecule has 100 valence electrons. The first-order chi connectivity index (χ1) is 7.94. The molecule has 0 aromatic heterocycles. The minimum absolute atomic E-state index is 0.136. The van der Waals surface area contributed by atoms with Gasteiger partial charge in [0.25, 0.3) is 0 Å². The van der Waals surface area contributed by atoms with Crippen LogP contribution in [-0.2, 0) is 9.53 Å². The molecule has 1 saturated heterocycles. The van der Waals surface area contributed by atoms with Crippen LogP contribution in [0, 0.1) is 5.92 Å². The highest BCUT2D eigenvalue weighted by Crippen LogP contribution is 2.16. The molecule has 1 aliphatic rings. The van der Waals surface area contributed by atoms with Gasteiger partial charge in [0.05, 0.1) is 11.5 Å². The molecular formula is C13H26N2O2. The standard InChI is InChI=1S/C13H26N2O2/c1-10(8-13(2,3)17-4)15-12(16)11-6-5-7-14-9-11/h10-11,14H,5-9H2,1-4H3,(H,15,16). The second kappa shape index (κ2) is 6.36. The summed E-state index contributed by atoms with van der Waals surface area (Å²) in [6.07, 6.45) is 2.92. The molecule has 1 amide bonds. The molecule has 0 aromatic carbocycles. The lowest BCUT2D eigenvalue weighted by atomic mass is 9.96. The predicted molar refractivity (Wildman–Crippen MR) is 68.9 cm³/mol. The zero-order valence-corrected chi connectivity index (χ0v) is 11.5. The molecule has 2 N–H and O–H groups in total. The largest absolute Gasteiger partial charge is 0.379 e. The fourth-order valence-electron chi connectivity index (χ4n) is 2.31. The van der Waals surface area contributed by atoms with Crippen molar-refractivity contribution in [3.8, 4) is 0 Å². The Labute approximate surface area is 104 Å². The SMILES string of the molecule is COC(C)(C)CC(C)NC(=O)C1CCCNC1. The van der Waals surface area contributed by atoms with Crippen LogP contribution in [-0.4, -0.2) is 37.7 Å². The van der Waals surface area contributed by atoms with Crippen LogP contribution in [0.25, 0.3) is 0 Å². The molecule has 4 heteroatoms. The van der Waals surface area contributed by atoms with Crippen molar-refractivity contribution < 1.29 is 9.53 Å². The summed E-state index contributed by atoms with van der Waals surface area (Å²) in [6, 6.07) is 0.152. The molecule has 2 unspecified atom stereocenters. The Hall–Kier alpha value is -0.610. The summed E-state index contributed by atoms with van der Waals surface area (Å²) in [5.41, 5.74) is -0.183. The third kappa shape index (κ3) is 5.04. The van der Waals surface area contributed by atoms with E-state index in [-0.39, 0.29) is 23.5 Å². The molecule has 4 nitrogen and oxygen atoms in total. The maximum absolute atomic E-state index is 12.0. The molecule has 0 bridgehead atoms. The van der Waals surface area contributed by atoms with Gasteiger partial charge in [-0.1, -0.05) is 0 Å². The number of carbonyl (C=O) groups excluding carboxylic acids is 1. The monoisotopic (exact) mass is 242 g/mol. The number of amides is 1. The molecule has 1 aliphatic heterocycles. The van der Waals surface area contributed by atoms with Gasteiger partial charge in [-0.15, -0.1) is 0 Å². The molecule has 0 spiro atoms. The molecule has 1 rings (SSSR count). The number of hydrogen-bond donors (Lipinski definition) is 2. The van der Waals surface area contributed by atoms with E-state index >= 15 is 0 Å². The number of hydrogen-bond acceptors (Lipinski definition) is 3. The van der Waals surface area contributed by atoms with Crippen LogP contribution in [0.4, 0.5) is 0 Å². The summed E-state index contributed by atoms with van der Waals surface area (Å²) in [6.45, 7) is 7.97. The quantitative estimate of drug-likeness (QED) is 0.764. The van der Waals surface area contributed by atoms with Gasteiger partial charge in [0.1, 0.15) is 0 Å². The van der Waals surface area contributed by atoms with Crippen LogP contribution in [0.5, 0.6) is 0 Å². The van der Waals surface area contributed by atoms with E-state index in [0.717, 1.165) is 32.4 Å². The Morgan fingerprint density at radius 3 is 2.82 bits per heavy atom. The first-order valence-electron chi connectivity index (χ1n) is 6.51. The van der Waals surface area contributed by atoms with E-state index in [1.54, 1.807) is 7.11 Å². The Kier molecular flexibility index (Phi) is 5.40. The summed E-state index contributed by atoms with van der Waals surface area (Å²) >= 11 is 0. The number of carbonyl (C=O) groups is 1. The topological polar surface area (TPSA) is 50.4 Å². The van der Waals surface area contributed by atoms with E-state index in [2.05, 4.69) is 10.6 Å². The van der Waals surface area contributed by atoms with Crippen LogP contribution < -0.4 is 10.6 Å². The molecule has 1 heterocycles. The lowest BCUT2D eigenvalue weighted by molar-refractivity contribution is -0.126. The van der Waals surface area contributed by atoms with E-state index in [1.165, 1.54) is 0 Å². The van der Waals surface area contributed by atoms with Crippen LogP contribution in [0.1, 0.15) is 40.0 Å². The molecule has 0 aliphatic carbocycles. The van der Waals surface area contributed by atoms with Gasteiger partial charge in [-0.25, -0.2) is 0 Å². The van der Waals surface area contributed by atoms with Crippen molar-refractivity contribution in [3.63, 3.8) is 0 Å². The molecule has 1 fully saturated rings. The van der Waals surface area contributed by atoms with Crippen LogP contribution in [0.15, 0.2) is 0 Å². The number of piperidine rings is 1. The Morgan fingerprint density at radius 2 is 2.29 bits per heavy atom. The Morgan fingerprint density at radius 1 is 1.59 bits per heavy atom. The third-order valence-electron chi connectivity index (χ3n) is 3.41. The second-order valence-electron chi connectivity index (χ2n) is 5.62. The number of nitrogens with one attached hydrogen (secondary N) is 2. The van der Waals surface area contributed by atoms with Gasteiger partial charge in [-0.05, 0) is 46.6 Å². The maximum atomic E-state index is 12.0. The number of ether oxygens (including phenoxy) is 1. The van der Waals surface area contributed by atoms with Crippen molar-refractivity contribution in [2.45, 2.75) is 51.7 Å². The molecule has 0 saturated carbocycles. The summed E-state index contributed by atoms with van der Waals surface area (Å²) in [5.74, 6) is 0.313. The fourth-order valence-corrected chi connectivity index (χ4v) is 2.31. The second-order valence-corrected chi connectivity index (χ2v) is 5.62. The first kappa shape index (κ1) is 14.5. The van der Waals surface area contributed by atoms with Gasteiger partial charge in [-0.3, -0.25) is 4.79 Å². The van der Waals surface area contributed by atoms with Gasteiger partial charge >= 0.3 is 0 Å². The van der Waals surface area contributed by atoms with Gasteiger partial charge in [0.2, 0.25) is 5.91 Å². The summed E-state index contributed by atoms with van der Waals surface area (Å²) in [4.78, 5) is 12.0. The molecular weight excluding hydrogens is 216 g/mol. The van der Waals surface area contributed by atoms with Crippen LogP contribution >= 0.6 is 0 Å². The summed E-state index contributed by atoms with van der Waals surface area (Å²) in [5, 5.41) is 6.34. The van der Waals surface area contributed by atoms with Crippen molar-refractivity contribution in [1.29, 1.82) is 0 Å². The van der Waals surface area contributed by atoms with Crippen molar-refractivity contribution in [2.24, 2.45) is 5.92 Å². The van der Waals surface area contributed by atoms with E-state index < -0.39 is 0 Å². The fraction of sp³-hybridized carbons (Fsp3) is 0.923. The van der Waals surface area contributed by atoms with Gasteiger partial charge < -0.3 is 15.4 Å². The van der Waals surface area contributed by atoms with Crippen LogP contribution in [0.2, 0.25) is 0 Å². The Balaban J connectivity index is 2.34. The minimum Gasteiger partial charge on any atom is -0.379 e. The normalized spacial score (nSPS) is 23.2.